The fourth-order valence-corrected chi connectivity index (χ4v) is 3.85. The van der Waals surface area contributed by atoms with Gasteiger partial charge in [-0.05, 0) is 25.0 Å². The summed E-state index contributed by atoms with van der Waals surface area (Å²) in [7, 11) is 0. The van der Waals surface area contributed by atoms with E-state index in [9.17, 15) is 4.79 Å². The molecule has 3 aromatic rings. The molecule has 1 saturated carbocycles. The highest BCUT2D eigenvalue weighted by Gasteiger charge is 2.34. The van der Waals surface area contributed by atoms with Crippen LogP contribution < -0.4 is 10.6 Å². The maximum Gasteiger partial charge on any atom is 0.268 e. The number of rotatable bonds is 6. The molecule has 4 rings (SSSR count). The second-order valence-corrected chi connectivity index (χ2v) is 6.80. The number of nitrogens with zero attached hydrogens (tertiary/aromatic N) is 4. The van der Waals surface area contributed by atoms with Crippen LogP contribution in [0.1, 0.15) is 23.3 Å². The zero-order chi connectivity index (χ0) is 17.4. The summed E-state index contributed by atoms with van der Waals surface area (Å²) >= 11 is 1.44. The van der Waals surface area contributed by atoms with Gasteiger partial charge >= 0.3 is 0 Å². The molecule has 1 amide bonds. The van der Waals surface area contributed by atoms with Crippen molar-refractivity contribution in [2.45, 2.75) is 25.4 Å². The van der Waals surface area contributed by atoms with Gasteiger partial charge in [-0.25, -0.2) is 4.98 Å². The Morgan fingerprint density at radius 1 is 1.56 bits per heavy atom. The molecule has 0 bridgehead atoms. The average Bonchev–Trinajstić information content (AvgIpc) is 3.01. The molecule has 1 aliphatic rings. The van der Waals surface area contributed by atoms with E-state index in [-0.39, 0.29) is 5.69 Å². The number of nitrogens with one attached hydrogen (secondary N) is 1. The number of H-pyrrole nitrogens is 1. The monoisotopic (exact) mass is 352 g/mol. The second kappa shape index (κ2) is 6.11. The van der Waals surface area contributed by atoms with Crippen LogP contribution in [0.3, 0.4) is 0 Å². The van der Waals surface area contributed by atoms with Crippen LogP contribution in [-0.2, 0) is 6.54 Å². The van der Waals surface area contributed by atoms with Crippen molar-refractivity contribution in [1.82, 2.24) is 19.7 Å². The largest absolute Gasteiger partial charge is 0.364 e. The molecule has 1 fully saturated rings. The van der Waals surface area contributed by atoms with Crippen molar-refractivity contribution in [3.8, 4) is 22.9 Å². The number of amides is 1. The minimum atomic E-state index is -0.536. The maximum absolute atomic E-state index is 11.9. The zero-order valence-electron chi connectivity index (χ0n) is 13.3. The van der Waals surface area contributed by atoms with Crippen molar-refractivity contribution < 1.29 is 4.79 Å². The molecule has 8 heteroatoms. The van der Waals surface area contributed by atoms with Gasteiger partial charge in [0.25, 0.3) is 5.91 Å². The lowest BCUT2D eigenvalue weighted by atomic mass is 10.3. The minimum absolute atomic E-state index is 0.282. The number of aromatic nitrogens is 4. The van der Waals surface area contributed by atoms with Crippen molar-refractivity contribution in [2.24, 2.45) is 5.73 Å². The molecule has 0 spiro atoms. The topological polar surface area (TPSA) is 92.8 Å². The molecule has 126 valence electrons. The van der Waals surface area contributed by atoms with Crippen LogP contribution in [0.4, 0.5) is 10.8 Å². The van der Waals surface area contributed by atoms with E-state index in [0.717, 1.165) is 34.2 Å². The second-order valence-electron chi connectivity index (χ2n) is 5.82. The van der Waals surface area contributed by atoms with Gasteiger partial charge in [-0.3, -0.25) is 9.48 Å². The number of anilines is 2. The highest BCUT2D eigenvalue weighted by molar-refractivity contribution is 7.19. The van der Waals surface area contributed by atoms with E-state index in [1.807, 2.05) is 24.5 Å². The molecule has 0 aliphatic heterocycles. The highest BCUT2D eigenvalue weighted by atomic mass is 32.1. The van der Waals surface area contributed by atoms with E-state index in [1.165, 1.54) is 11.3 Å². The van der Waals surface area contributed by atoms with Gasteiger partial charge in [0.2, 0.25) is 0 Å². The number of carbonyl (C=O) groups excluding carboxylic acids is 1. The Morgan fingerprint density at radius 2 is 2.40 bits per heavy atom. The first-order valence-electron chi connectivity index (χ1n) is 7.87. The molecule has 1 aliphatic carbocycles. The first-order chi connectivity index (χ1) is 12.2. The number of primary amides is 1. The third-order valence-electron chi connectivity index (χ3n) is 3.96. The van der Waals surface area contributed by atoms with Crippen LogP contribution in [0.25, 0.3) is 10.6 Å². The summed E-state index contributed by atoms with van der Waals surface area (Å²) in [5.41, 5.74) is 7.57. The molecule has 0 aromatic carbocycles. The fraction of sp³-hybridized carbons (Fsp3) is 0.235. The Hall–Kier alpha value is -3.05. The Morgan fingerprint density at radius 3 is 3.04 bits per heavy atom. The van der Waals surface area contributed by atoms with Crippen LogP contribution >= 0.6 is 11.3 Å². The van der Waals surface area contributed by atoms with Crippen molar-refractivity contribution in [2.75, 3.05) is 4.90 Å². The van der Waals surface area contributed by atoms with Gasteiger partial charge in [0.1, 0.15) is 6.54 Å². The number of hydrogen-bond acceptors (Lipinski definition) is 5. The maximum atomic E-state index is 11.9. The van der Waals surface area contributed by atoms with Gasteiger partial charge in [-0.2, -0.15) is 5.10 Å². The summed E-state index contributed by atoms with van der Waals surface area (Å²) in [4.78, 5) is 22.4. The predicted molar refractivity (Wildman–Crippen MR) is 96.6 cm³/mol. The van der Waals surface area contributed by atoms with Gasteiger partial charge in [0.05, 0.1) is 22.5 Å². The van der Waals surface area contributed by atoms with Crippen LogP contribution in [0.2, 0.25) is 0 Å². The molecule has 25 heavy (non-hydrogen) atoms. The average molecular weight is 352 g/mol. The Bertz CT molecular complexity index is 944. The Balaban J connectivity index is 1.76. The Kier molecular flexibility index (Phi) is 3.78. The summed E-state index contributed by atoms with van der Waals surface area (Å²) in [6.07, 6.45) is 13.0. The molecule has 0 radical (unpaired) electrons. The number of aromatic amines is 1. The van der Waals surface area contributed by atoms with Gasteiger partial charge in [-0.1, -0.05) is 17.3 Å². The molecule has 3 N–H and O–H groups in total. The standard InChI is InChI=1S/C17H16N6OS/c1-2-8-22-10-12(9-20-22)23(11-5-6-11)17-21-14(16(18)24)15(25-17)13-4-3-7-19-13/h1,3-4,7,9-11,19H,5-6,8H2,(H2,18,24). The summed E-state index contributed by atoms with van der Waals surface area (Å²) in [6.45, 7) is 0.413. The van der Waals surface area contributed by atoms with Crippen LogP contribution in [0, 0.1) is 12.3 Å². The van der Waals surface area contributed by atoms with Gasteiger partial charge in [0.15, 0.2) is 10.8 Å². The third kappa shape index (κ3) is 2.90. The van der Waals surface area contributed by atoms with E-state index in [0.29, 0.717) is 12.6 Å². The lowest BCUT2D eigenvalue weighted by Crippen LogP contribution is -2.19. The van der Waals surface area contributed by atoms with Crippen molar-refractivity contribution in [1.29, 1.82) is 0 Å². The van der Waals surface area contributed by atoms with Crippen molar-refractivity contribution in [3.63, 3.8) is 0 Å². The molecule has 7 nitrogen and oxygen atoms in total. The smallest absolute Gasteiger partial charge is 0.268 e. The zero-order valence-corrected chi connectivity index (χ0v) is 14.2. The van der Waals surface area contributed by atoms with E-state index in [2.05, 4.69) is 25.9 Å². The van der Waals surface area contributed by atoms with E-state index in [1.54, 1.807) is 10.9 Å². The SMILES string of the molecule is C#CCn1cc(N(c2nc(C(N)=O)c(-c3ccc[nH]3)s2)C2CC2)cn1. The van der Waals surface area contributed by atoms with Crippen LogP contribution in [0.5, 0.6) is 0 Å². The van der Waals surface area contributed by atoms with Gasteiger partial charge in [0, 0.05) is 18.4 Å². The Labute approximate surface area is 148 Å². The first kappa shape index (κ1) is 15.5. The van der Waals surface area contributed by atoms with E-state index < -0.39 is 5.91 Å². The molecule has 3 heterocycles. The van der Waals surface area contributed by atoms with Gasteiger partial charge < -0.3 is 15.6 Å². The minimum Gasteiger partial charge on any atom is -0.364 e. The predicted octanol–water partition coefficient (Wildman–Crippen LogP) is 2.37. The van der Waals surface area contributed by atoms with E-state index >= 15 is 0 Å². The number of nitrogens with two attached hydrogens (primary N) is 1. The van der Waals surface area contributed by atoms with Gasteiger partial charge in [-0.15, -0.1) is 6.42 Å². The van der Waals surface area contributed by atoms with Crippen LogP contribution in [0.15, 0.2) is 30.7 Å². The quantitative estimate of drug-likeness (QED) is 0.666. The van der Waals surface area contributed by atoms with Crippen molar-refractivity contribution in [3.05, 3.63) is 36.4 Å². The first-order valence-corrected chi connectivity index (χ1v) is 8.68. The molecule has 3 aromatic heterocycles. The summed E-state index contributed by atoms with van der Waals surface area (Å²) < 4.78 is 1.71. The molecule has 0 atom stereocenters. The van der Waals surface area contributed by atoms with Crippen LogP contribution in [-0.4, -0.2) is 31.7 Å². The molecule has 0 unspecified atom stereocenters. The summed E-state index contributed by atoms with van der Waals surface area (Å²) in [6, 6.07) is 4.13. The third-order valence-corrected chi connectivity index (χ3v) is 5.05. The summed E-state index contributed by atoms with van der Waals surface area (Å²) in [5.74, 6) is 2.03. The number of thiazole rings is 1. The van der Waals surface area contributed by atoms with E-state index in [4.69, 9.17) is 12.2 Å². The number of carbonyl (C=O) groups is 1. The molecule has 0 saturated heterocycles. The normalized spacial score (nSPS) is 13.6. The lowest BCUT2D eigenvalue weighted by molar-refractivity contribution is 0.0997. The van der Waals surface area contributed by atoms with Crippen molar-refractivity contribution >= 4 is 28.1 Å². The molecular formula is C17H16N6OS. The fourth-order valence-electron chi connectivity index (χ4n) is 2.70. The number of hydrogen-bond donors (Lipinski definition) is 2. The number of terminal acetylenes is 1. The summed E-state index contributed by atoms with van der Waals surface area (Å²) in [5, 5.41) is 5.03. The lowest BCUT2D eigenvalue weighted by Gasteiger charge is -2.19. The molecular weight excluding hydrogens is 336 g/mol. The highest BCUT2D eigenvalue weighted by Crippen LogP contribution is 2.42.